The molecule has 2 aromatic carbocycles. The summed E-state index contributed by atoms with van der Waals surface area (Å²) in [5, 5.41) is 27.2. The van der Waals surface area contributed by atoms with Gasteiger partial charge in [-0.05, 0) is 49.5 Å². The zero-order chi connectivity index (χ0) is 21.2. The number of hydrogen-bond acceptors (Lipinski definition) is 6. The Labute approximate surface area is 172 Å². The molecule has 152 valence electrons. The van der Waals surface area contributed by atoms with Gasteiger partial charge in [-0.1, -0.05) is 12.1 Å². The second kappa shape index (κ2) is 8.15. The van der Waals surface area contributed by atoms with Crippen LogP contribution in [0.25, 0.3) is 10.9 Å². The van der Waals surface area contributed by atoms with Crippen molar-refractivity contribution in [2.24, 2.45) is 15.4 Å². The maximum Gasteiger partial charge on any atom is 0.238 e. The quantitative estimate of drug-likeness (QED) is 0.417. The van der Waals surface area contributed by atoms with E-state index in [0.717, 1.165) is 0 Å². The first-order valence-electron chi connectivity index (χ1n) is 8.50. The van der Waals surface area contributed by atoms with E-state index in [4.69, 9.17) is 22.1 Å². The Morgan fingerprint density at radius 1 is 1.28 bits per heavy atom. The molecule has 0 amide bonds. The van der Waals surface area contributed by atoms with Crippen molar-refractivity contribution in [2.75, 3.05) is 12.4 Å². The fourth-order valence-electron chi connectivity index (χ4n) is 2.89. The van der Waals surface area contributed by atoms with Crippen molar-refractivity contribution in [3.63, 3.8) is 0 Å². The lowest BCUT2D eigenvalue weighted by atomic mass is 10.2. The minimum atomic E-state index is -3.77. The van der Waals surface area contributed by atoms with Gasteiger partial charge >= 0.3 is 0 Å². The topological polar surface area (TPSA) is 131 Å². The van der Waals surface area contributed by atoms with E-state index in [9.17, 15) is 13.5 Å². The number of aryl methyl sites for hydroxylation is 1. The molecule has 0 radical (unpaired) electrons. The number of nitrogens with one attached hydrogen (secondary N) is 1. The average molecular weight is 434 g/mol. The van der Waals surface area contributed by atoms with E-state index in [0.29, 0.717) is 28.9 Å². The van der Waals surface area contributed by atoms with E-state index in [1.807, 2.05) is 6.92 Å². The molecule has 0 fully saturated rings. The first-order chi connectivity index (χ1) is 13.8. The number of thiocarbonyl (C=S) groups is 1. The second-order valence-electron chi connectivity index (χ2n) is 5.97. The Hall–Kier alpha value is -3.02. The van der Waals surface area contributed by atoms with E-state index < -0.39 is 10.0 Å². The van der Waals surface area contributed by atoms with Gasteiger partial charge in [0.15, 0.2) is 5.69 Å². The van der Waals surface area contributed by atoms with Crippen LogP contribution in [-0.2, 0) is 16.6 Å². The van der Waals surface area contributed by atoms with Crippen molar-refractivity contribution in [3.8, 4) is 11.6 Å². The van der Waals surface area contributed by atoms with Crippen molar-refractivity contribution in [2.45, 2.75) is 18.4 Å². The molecule has 3 aromatic rings. The molecule has 0 aliphatic heterocycles. The lowest BCUT2D eigenvalue weighted by Crippen LogP contribution is -2.12. The summed E-state index contributed by atoms with van der Waals surface area (Å²) in [7, 11) is -2.21. The highest BCUT2D eigenvalue weighted by Crippen LogP contribution is 2.42. The molecular formula is C18H19N5O4S2. The predicted octanol–water partition coefficient (Wildman–Crippen LogP) is 3.50. The Kier molecular flexibility index (Phi) is 5.82. The van der Waals surface area contributed by atoms with Crippen LogP contribution in [0.4, 0.5) is 11.4 Å². The number of nitrogens with zero attached hydrogens (tertiary/aromatic N) is 3. The lowest BCUT2D eigenvalue weighted by molar-refractivity contribution is 0.408. The van der Waals surface area contributed by atoms with Gasteiger partial charge in [0.2, 0.25) is 21.0 Å². The number of azo groups is 1. The summed E-state index contributed by atoms with van der Waals surface area (Å²) in [4.78, 5) is -0.0122. The third kappa shape index (κ3) is 4.21. The van der Waals surface area contributed by atoms with Crippen molar-refractivity contribution in [1.29, 1.82) is 0 Å². The van der Waals surface area contributed by atoms with Crippen molar-refractivity contribution < 1.29 is 18.3 Å². The third-order valence-corrected chi connectivity index (χ3v) is 5.32. The number of rotatable bonds is 5. The van der Waals surface area contributed by atoms with Crippen LogP contribution in [0.3, 0.4) is 0 Å². The summed E-state index contributed by atoms with van der Waals surface area (Å²) in [5.41, 5.74) is 1.50. The van der Waals surface area contributed by atoms with Gasteiger partial charge in [-0.2, -0.15) is 0 Å². The number of fused-ring (bicyclic) bond motifs is 1. The highest BCUT2D eigenvalue weighted by molar-refractivity contribution is 7.89. The Bertz CT molecular complexity index is 1200. The number of sulfonamides is 1. The van der Waals surface area contributed by atoms with Crippen molar-refractivity contribution in [1.82, 2.24) is 4.57 Å². The Morgan fingerprint density at radius 2 is 1.97 bits per heavy atom. The highest BCUT2D eigenvalue weighted by atomic mass is 32.2. The number of benzene rings is 2. The van der Waals surface area contributed by atoms with Gasteiger partial charge < -0.3 is 19.7 Å². The van der Waals surface area contributed by atoms with Crippen LogP contribution in [0.5, 0.6) is 11.6 Å². The first-order valence-corrected chi connectivity index (χ1v) is 10.5. The summed E-state index contributed by atoms with van der Waals surface area (Å²) in [6.45, 7) is 2.40. The SMILES string of the molecule is CCn1c(O)c(N=NC(=S)Nc2ccc(S(N)(=O)=O)cc2)c2cccc(OC)c21. The van der Waals surface area contributed by atoms with Crippen LogP contribution in [-0.4, -0.2) is 30.3 Å². The molecule has 0 saturated heterocycles. The number of aromatic nitrogens is 1. The summed E-state index contributed by atoms with van der Waals surface area (Å²) >= 11 is 5.16. The number of aromatic hydroxyl groups is 1. The Balaban J connectivity index is 1.87. The molecule has 0 aliphatic rings. The van der Waals surface area contributed by atoms with Gasteiger partial charge in [-0.15, -0.1) is 10.2 Å². The van der Waals surface area contributed by atoms with Crippen LogP contribution in [0.1, 0.15) is 6.92 Å². The number of anilines is 1. The molecule has 0 bridgehead atoms. The third-order valence-electron chi connectivity index (χ3n) is 4.20. The molecule has 0 spiro atoms. The summed E-state index contributed by atoms with van der Waals surface area (Å²) in [6.07, 6.45) is 0. The van der Waals surface area contributed by atoms with E-state index in [2.05, 4.69) is 15.5 Å². The van der Waals surface area contributed by atoms with Gasteiger partial charge in [0.25, 0.3) is 0 Å². The van der Waals surface area contributed by atoms with Crippen LogP contribution in [0.2, 0.25) is 0 Å². The maximum absolute atomic E-state index is 11.3. The molecule has 1 aromatic heterocycles. The predicted molar refractivity (Wildman–Crippen MR) is 114 cm³/mol. The van der Waals surface area contributed by atoms with E-state index >= 15 is 0 Å². The molecule has 29 heavy (non-hydrogen) atoms. The minimum absolute atomic E-state index is 0.0122. The number of ether oxygens (including phenoxy) is 1. The molecule has 11 heteroatoms. The molecule has 0 unspecified atom stereocenters. The maximum atomic E-state index is 11.3. The second-order valence-corrected chi connectivity index (χ2v) is 7.92. The smallest absolute Gasteiger partial charge is 0.238 e. The van der Waals surface area contributed by atoms with Gasteiger partial charge in [-0.3, -0.25) is 0 Å². The highest BCUT2D eigenvalue weighted by Gasteiger charge is 2.19. The van der Waals surface area contributed by atoms with Crippen molar-refractivity contribution in [3.05, 3.63) is 42.5 Å². The number of hydrogen-bond donors (Lipinski definition) is 3. The van der Waals surface area contributed by atoms with Gasteiger partial charge in [-0.25, -0.2) is 13.6 Å². The average Bonchev–Trinajstić information content (AvgIpc) is 2.96. The van der Waals surface area contributed by atoms with Gasteiger partial charge in [0.05, 0.1) is 17.5 Å². The molecule has 0 saturated carbocycles. The molecular weight excluding hydrogens is 414 g/mol. The molecule has 4 N–H and O–H groups in total. The van der Waals surface area contributed by atoms with E-state index in [1.165, 1.54) is 24.3 Å². The zero-order valence-corrected chi connectivity index (χ0v) is 17.3. The molecule has 3 rings (SSSR count). The fraction of sp³-hybridized carbons (Fsp3) is 0.167. The normalized spacial score (nSPS) is 11.8. The largest absolute Gasteiger partial charge is 0.495 e. The first kappa shape index (κ1) is 20.7. The standard InChI is InChI=1S/C18H19N5O4S2/c1-3-23-16-13(5-4-6-14(16)27-2)15(17(23)24)21-22-18(28)20-11-7-9-12(10-8-11)29(19,25)26/h4-10,24H,3H2,1-2H3,(H,20,28)(H2,19,25,26). The van der Waals surface area contributed by atoms with E-state index in [1.54, 1.807) is 29.9 Å². The summed E-state index contributed by atoms with van der Waals surface area (Å²) in [6, 6.07) is 11.1. The van der Waals surface area contributed by atoms with Gasteiger partial charge in [0, 0.05) is 17.6 Å². The zero-order valence-electron chi connectivity index (χ0n) is 15.7. The van der Waals surface area contributed by atoms with Crippen LogP contribution in [0, 0.1) is 0 Å². The van der Waals surface area contributed by atoms with E-state index in [-0.39, 0.29) is 21.6 Å². The molecule has 1 heterocycles. The number of para-hydroxylation sites is 1. The van der Waals surface area contributed by atoms with Gasteiger partial charge in [0.1, 0.15) is 5.75 Å². The molecule has 0 atom stereocenters. The van der Waals surface area contributed by atoms with Crippen LogP contribution in [0.15, 0.2) is 57.6 Å². The lowest BCUT2D eigenvalue weighted by Gasteiger charge is -2.06. The number of methoxy groups -OCH3 is 1. The van der Waals surface area contributed by atoms with Crippen molar-refractivity contribution >= 4 is 49.6 Å². The van der Waals surface area contributed by atoms with Crippen LogP contribution >= 0.6 is 12.2 Å². The monoisotopic (exact) mass is 433 g/mol. The van der Waals surface area contributed by atoms with Crippen LogP contribution < -0.4 is 15.2 Å². The fourth-order valence-corrected chi connectivity index (χ4v) is 3.56. The summed E-state index contributed by atoms with van der Waals surface area (Å²) in [5.74, 6) is 0.563. The molecule has 9 nitrogen and oxygen atoms in total. The summed E-state index contributed by atoms with van der Waals surface area (Å²) < 4.78 is 29.7. The number of nitrogens with two attached hydrogens (primary N) is 1. The number of primary sulfonamides is 1. The minimum Gasteiger partial charge on any atom is -0.495 e. The Morgan fingerprint density at radius 3 is 2.55 bits per heavy atom. The molecule has 0 aliphatic carbocycles.